The molecular formula is C23H28N4O4S. The summed E-state index contributed by atoms with van der Waals surface area (Å²) in [5.41, 5.74) is 1.93. The third-order valence-electron chi connectivity index (χ3n) is 5.39. The molecule has 2 aromatic carbocycles. The summed E-state index contributed by atoms with van der Waals surface area (Å²) in [5, 5.41) is 3.98. The van der Waals surface area contributed by atoms with Crippen LogP contribution in [-0.4, -0.2) is 62.9 Å². The van der Waals surface area contributed by atoms with Gasteiger partial charge in [-0.1, -0.05) is 17.4 Å². The molecule has 32 heavy (non-hydrogen) atoms. The molecule has 0 unspecified atom stereocenters. The minimum Gasteiger partial charge on any atom is -0.494 e. The Morgan fingerprint density at radius 1 is 1.06 bits per heavy atom. The molecule has 4 rings (SSSR count). The summed E-state index contributed by atoms with van der Waals surface area (Å²) in [5.74, 6) is 2.19. The number of carbonyl (C=O) groups excluding carboxylic acids is 1. The van der Waals surface area contributed by atoms with Crippen LogP contribution < -0.4 is 24.4 Å². The molecule has 170 valence electrons. The van der Waals surface area contributed by atoms with Crippen molar-refractivity contribution in [3.05, 3.63) is 42.0 Å². The quantitative estimate of drug-likeness (QED) is 0.584. The number of nitrogens with one attached hydrogen (secondary N) is 1. The maximum Gasteiger partial charge on any atom is 0.317 e. The van der Waals surface area contributed by atoms with Crippen molar-refractivity contribution in [1.29, 1.82) is 0 Å². The molecule has 1 fully saturated rings. The van der Waals surface area contributed by atoms with Crippen LogP contribution in [0.2, 0.25) is 0 Å². The van der Waals surface area contributed by atoms with Crippen molar-refractivity contribution in [3.8, 4) is 17.2 Å². The van der Waals surface area contributed by atoms with Crippen molar-refractivity contribution in [2.75, 3.05) is 51.9 Å². The van der Waals surface area contributed by atoms with Gasteiger partial charge in [0, 0.05) is 32.7 Å². The highest BCUT2D eigenvalue weighted by Crippen LogP contribution is 2.32. The number of nitrogens with zero attached hydrogens (tertiary/aromatic N) is 3. The Bertz CT molecular complexity index is 1080. The number of methoxy groups -OCH3 is 2. The molecule has 1 aromatic heterocycles. The number of amides is 2. The summed E-state index contributed by atoms with van der Waals surface area (Å²) in [6.45, 7) is 5.86. The van der Waals surface area contributed by atoms with Gasteiger partial charge in [-0.3, -0.25) is 0 Å². The molecule has 0 aliphatic carbocycles. The first-order valence-corrected chi connectivity index (χ1v) is 11.4. The molecule has 0 bridgehead atoms. The first-order valence-electron chi connectivity index (χ1n) is 10.6. The second-order valence-corrected chi connectivity index (χ2v) is 8.39. The summed E-state index contributed by atoms with van der Waals surface area (Å²) in [6.07, 6.45) is 0. The number of carbonyl (C=O) groups is 1. The van der Waals surface area contributed by atoms with Gasteiger partial charge in [0.05, 0.1) is 31.0 Å². The average molecular weight is 457 g/mol. The van der Waals surface area contributed by atoms with E-state index in [1.165, 1.54) is 0 Å². The van der Waals surface area contributed by atoms with Crippen LogP contribution in [0.1, 0.15) is 12.5 Å². The number of hydrogen-bond donors (Lipinski definition) is 1. The third kappa shape index (κ3) is 4.83. The van der Waals surface area contributed by atoms with Crippen LogP contribution in [0, 0.1) is 0 Å². The highest BCUT2D eigenvalue weighted by molar-refractivity contribution is 7.22. The van der Waals surface area contributed by atoms with Gasteiger partial charge in [0.15, 0.2) is 16.6 Å². The van der Waals surface area contributed by atoms with Crippen molar-refractivity contribution in [1.82, 2.24) is 15.2 Å². The van der Waals surface area contributed by atoms with Gasteiger partial charge in [0.2, 0.25) is 0 Å². The van der Waals surface area contributed by atoms with E-state index in [0.717, 1.165) is 39.8 Å². The number of hydrogen-bond acceptors (Lipinski definition) is 7. The lowest BCUT2D eigenvalue weighted by atomic mass is 10.2. The first-order chi connectivity index (χ1) is 15.6. The lowest BCUT2D eigenvalue weighted by molar-refractivity contribution is 0.194. The third-order valence-corrected chi connectivity index (χ3v) is 6.47. The topological polar surface area (TPSA) is 76.2 Å². The fourth-order valence-corrected chi connectivity index (χ4v) is 4.71. The van der Waals surface area contributed by atoms with Crippen molar-refractivity contribution in [2.24, 2.45) is 0 Å². The number of anilines is 1. The summed E-state index contributed by atoms with van der Waals surface area (Å²) in [6, 6.07) is 11.6. The molecule has 0 saturated carbocycles. The van der Waals surface area contributed by atoms with Crippen LogP contribution in [0.3, 0.4) is 0 Å². The van der Waals surface area contributed by atoms with Crippen LogP contribution in [-0.2, 0) is 6.54 Å². The van der Waals surface area contributed by atoms with Gasteiger partial charge in [0.25, 0.3) is 0 Å². The number of piperazine rings is 1. The molecule has 1 N–H and O–H groups in total. The predicted octanol–water partition coefficient (Wildman–Crippen LogP) is 3.74. The Kier molecular flexibility index (Phi) is 6.84. The fourth-order valence-electron chi connectivity index (χ4n) is 3.67. The number of urea groups is 1. The molecule has 2 amide bonds. The number of rotatable bonds is 7. The van der Waals surface area contributed by atoms with Crippen molar-refractivity contribution in [3.63, 3.8) is 0 Å². The predicted molar refractivity (Wildman–Crippen MR) is 126 cm³/mol. The smallest absolute Gasteiger partial charge is 0.317 e. The van der Waals surface area contributed by atoms with E-state index >= 15 is 0 Å². The maximum absolute atomic E-state index is 12.6. The number of benzene rings is 2. The zero-order valence-corrected chi connectivity index (χ0v) is 19.4. The van der Waals surface area contributed by atoms with Gasteiger partial charge in [-0.2, -0.15) is 0 Å². The van der Waals surface area contributed by atoms with Crippen molar-refractivity contribution >= 4 is 32.7 Å². The molecule has 1 saturated heterocycles. The molecule has 0 atom stereocenters. The normalized spacial score (nSPS) is 13.8. The summed E-state index contributed by atoms with van der Waals surface area (Å²) in [7, 11) is 3.20. The van der Waals surface area contributed by atoms with Gasteiger partial charge in [-0.25, -0.2) is 9.78 Å². The molecule has 2 heterocycles. The Morgan fingerprint density at radius 3 is 2.56 bits per heavy atom. The highest BCUT2D eigenvalue weighted by atomic mass is 32.1. The van der Waals surface area contributed by atoms with E-state index in [1.807, 2.05) is 48.2 Å². The van der Waals surface area contributed by atoms with Crippen LogP contribution >= 0.6 is 11.3 Å². The lowest BCUT2D eigenvalue weighted by Gasteiger charge is -2.34. The standard InChI is InChI=1S/C23H28N4O4S/c1-4-31-17-6-7-18-21(14-17)32-23(25-18)27-11-9-26(10-12-27)22(28)24-15-16-5-8-19(29-2)20(13-16)30-3/h5-8,13-14H,4,9-12,15H2,1-3H3,(H,24,28). The average Bonchev–Trinajstić information content (AvgIpc) is 3.26. The van der Waals surface area contributed by atoms with Crippen LogP contribution in [0.4, 0.5) is 9.93 Å². The van der Waals surface area contributed by atoms with E-state index in [9.17, 15) is 4.79 Å². The second-order valence-electron chi connectivity index (χ2n) is 7.38. The number of fused-ring (bicyclic) bond motifs is 1. The summed E-state index contributed by atoms with van der Waals surface area (Å²) >= 11 is 1.66. The first kappa shape index (κ1) is 22.0. The van der Waals surface area contributed by atoms with E-state index < -0.39 is 0 Å². The van der Waals surface area contributed by atoms with E-state index in [0.29, 0.717) is 37.7 Å². The van der Waals surface area contributed by atoms with E-state index in [4.69, 9.17) is 19.2 Å². The van der Waals surface area contributed by atoms with Crippen molar-refractivity contribution < 1.29 is 19.0 Å². The summed E-state index contributed by atoms with van der Waals surface area (Å²) < 4.78 is 17.3. The fraction of sp³-hybridized carbons (Fsp3) is 0.391. The molecule has 9 heteroatoms. The second kappa shape index (κ2) is 9.95. The molecule has 1 aliphatic heterocycles. The minimum atomic E-state index is -0.0647. The van der Waals surface area contributed by atoms with Crippen LogP contribution in [0.25, 0.3) is 10.2 Å². The van der Waals surface area contributed by atoms with Gasteiger partial charge in [-0.05, 0) is 42.8 Å². The number of aromatic nitrogens is 1. The molecule has 3 aromatic rings. The van der Waals surface area contributed by atoms with E-state index in [1.54, 1.807) is 25.6 Å². The lowest BCUT2D eigenvalue weighted by Crippen LogP contribution is -2.51. The summed E-state index contributed by atoms with van der Waals surface area (Å²) in [4.78, 5) is 21.5. The van der Waals surface area contributed by atoms with Gasteiger partial charge in [0.1, 0.15) is 5.75 Å². The molecule has 0 radical (unpaired) electrons. The van der Waals surface area contributed by atoms with E-state index in [-0.39, 0.29) is 6.03 Å². The van der Waals surface area contributed by atoms with E-state index in [2.05, 4.69) is 10.2 Å². The Balaban J connectivity index is 1.31. The minimum absolute atomic E-state index is 0.0647. The zero-order chi connectivity index (χ0) is 22.5. The number of thiazole rings is 1. The SMILES string of the molecule is CCOc1ccc2nc(N3CCN(C(=O)NCc4ccc(OC)c(OC)c4)CC3)sc2c1. The zero-order valence-electron chi connectivity index (χ0n) is 18.6. The van der Waals surface area contributed by atoms with Crippen LogP contribution in [0.15, 0.2) is 36.4 Å². The van der Waals surface area contributed by atoms with Gasteiger partial charge in [-0.15, -0.1) is 0 Å². The van der Waals surface area contributed by atoms with Gasteiger partial charge < -0.3 is 29.3 Å². The molecule has 1 aliphatic rings. The molecular weight excluding hydrogens is 428 g/mol. The Labute approximate surface area is 191 Å². The molecule has 8 nitrogen and oxygen atoms in total. The maximum atomic E-state index is 12.6. The van der Waals surface area contributed by atoms with Gasteiger partial charge >= 0.3 is 6.03 Å². The Hall–Kier alpha value is -3.20. The Morgan fingerprint density at radius 2 is 1.84 bits per heavy atom. The van der Waals surface area contributed by atoms with Crippen LogP contribution in [0.5, 0.6) is 17.2 Å². The molecule has 0 spiro atoms. The highest BCUT2D eigenvalue weighted by Gasteiger charge is 2.23. The van der Waals surface area contributed by atoms with Crippen molar-refractivity contribution in [2.45, 2.75) is 13.5 Å². The monoisotopic (exact) mass is 456 g/mol. The number of ether oxygens (including phenoxy) is 3. The largest absolute Gasteiger partial charge is 0.494 e.